The van der Waals surface area contributed by atoms with Gasteiger partial charge in [0, 0.05) is 27.4 Å². The third-order valence-corrected chi connectivity index (χ3v) is 6.76. The van der Waals surface area contributed by atoms with Gasteiger partial charge < -0.3 is 18.6 Å². The maximum absolute atomic E-state index is 5.40. The molecule has 0 aromatic rings. The Hall–Kier alpha value is 0.0569. The van der Waals surface area contributed by atoms with Crippen LogP contribution in [-0.2, 0) is 13.3 Å². The van der Waals surface area contributed by atoms with Gasteiger partial charge in [-0.25, -0.2) is 0 Å². The molecule has 0 aromatic carbocycles. The van der Waals surface area contributed by atoms with Crippen molar-refractivity contribution >= 4 is 8.80 Å². The first-order valence-corrected chi connectivity index (χ1v) is 9.05. The fourth-order valence-corrected chi connectivity index (χ4v) is 4.41. The molecule has 0 radical (unpaired) electrons. The minimum atomic E-state index is -2.35. The summed E-state index contributed by atoms with van der Waals surface area (Å²) in [6, 6.07) is 0.883. The van der Waals surface area contributed by atoms with Crippen LogP contribution in [0, 0.1) is 5.92 Å². The van der Waals surface area contributed by atoms with E-state index >= 15 is 0 Å². The van der Waals surface area contributed by atoms with Crippen molar-refractivity contribution in [2.45, 2.75) is 44.6 Å². The van der Waals surface area contributed by atoms with Gasteiger partial charge in [-0.15, -0.1) is 0 Å². The lowest BCUT2D eigenvalue weighted by molar-refractivity contribution is 0.123. The highest BCUT2D eigenvalue weighted by atomic mass is 28.4. The minimum Gasteiger partial charge on any atom is -0.377 e. The van der Waals surface area contributed by atoms with E-state index < -0.39 is 8.80 Å². The summed E-state index contributed by atoms with van der Waals surface area (Å²) in [5.74, 6) is 0.896. The summed E-state index contributed by atoms with van der Waals surface area (Å²) in [5.41, 5.74) is 0. The van der Waals surface area contributed by atoms with Crippen LogP contribution in [0.25, 0.3) is 0 Å². The van der Waals surface area contributed by atoms with Crippen molar-refractivity contribution in [3.05, 3.63) is 0 Å². The van der Waals surface area contributed by atoms with Gasteiger partial charge in [0.15, 0.2) is 0 Å². The fraction of sp³-hybridized carbons (Fsp3) is 1.00. The first-order valence-electron chi connectivity index (χ1n) is 7.12. The van der Waals surface area contributed by atoms with E-state index in [-0.39, 0.29) is 0 Å². The predicted octanol–water partition coefficient (Wildman–Crippen LogP) is 2.42. The van der Waals surface area contributed by atoms with Crippen molar-refractivity contribution in [1.29, 1.82) is 0 Å². The lowest BCUT2D eigenvalue weighted by Gasteiger charge is -2.25. The fourth-order valence-electron chi connectivity index (χ4n) is 2.68. The number of nitrogens with one attached hydrogen (secondary N) is 1. The molecule has 0 heterocycles. The third-order valence-electron chi connectivity index (χ3n) is 3.93. The second-order valence-electron chi connectivity index (χ2n) is 5.11. The van der Waals surface area contributed by atoms with Crippen molar-refractivity contribution in [2.75, 3.05) is 34.4 Å². The molecule has 1 rings (SSSR count). The van der Waals surface area contributed by atoms with Crippen LogP contribution in [0.3, 0.4) is 0 Å². The Morgan fingerprint density at radius 1 is 1.00 bits per heavy atom. The zero-order chi connectivity index (χ0) is 13.3. The number of rotatable bonds is 9. The van der Waals surface area contributed by atoms with Crippen molar-refractivity contribution in [3.8, 4) is 0 Å². The van der Waals surface area contributed by atoms with Crippen LogP contribution in [-0.4, -0.2) is 43.2 Å². The van der Waals surface area contributed by atoms with Gasteiger partial charge in [-0.05, 0) is 38.3 Å². The molecule has 0 amide bonds. The zero-order valence-corrected chi connectivity index (χ0v) is 13.2. The van der Waals surface area contributed by atoms with E-state index in [1.54, 1.807) is 21.3 Å². The van der Waals surface area contributed by atoms with E-state index in [1.807, 2.05) is 0 Å². The quantitative estimate of drug-likeness (QED) is 0.518. The summed E-state index contributed by atoms with van der Waals surface area (Å²) in [6.07, 6.45) is 8.12. The number of hydrogen-bond acceptors (Lipinski definition) is 4. The molecule has 1 aliphatic rings. The maximum atomic E-state index is 5.40. The first kappa shape index (κ1) is 16.1. The van der Waals surface area contributed by atoms with Crippen molar-refractivity contribution in [2.24, 2.45) is 5.92 Å². The molecule has 1 aliphatic carbocycles. The van der Waals surface area contributed by atoms with Gasteiger partial charge in [-0.3, -0.25) is 0 Å². The van der Waals surface area contributed by atoms with E-state index in [1.165, 1.54) is 38.6 Å². The summed E-state index contributed by atoms with van der Waals surface area (Å²) in [5, 5.41) is 3.56. The molecular formula is C13H29NO3Si. The Morgan fingerprint density at radius 3 is 2.17 bits per heavy atom. The van der Waals surface area contributed by atoms with E-state index in [9.17, 15) is 0 Å². The largest absolute Gasteiger partial charge is 0.500 e. The summed E-state index contributed by atoms with van der Waals surface area (Å²) < 4.78 is 16.2. The SMILES string of the molecule is CO[Si](CCCNCC1CCCCC1)(OC)OC. The van der Waals surface area contributed by atoms with Crippen LogP contribution < -0.4 is 5.32 Å². The van der Waals surface area contributed by atoms with Gasteiger partial charge >= 0.3 is 8.80 Å². The lowest BCUT2D eigenvalue weighted by Crippen LogP contribution is -2.43. The van der Waals surface area contributed by atoms with Gasteiger partial charge in [0.05, 0.1) is 0 Å². The van der Waals surface area contributed by atoms with Crippen LogP contribution in [0.2, 0.25) is 6.04 Å². The standard InChI is InChI=1S/C13H29NO3Si/c1-15-18(16-2,17-3)11-7-10-14-12-13-8-5-4-6-9-13/h13-14H,4-12H2,1-3H3. The topological polar surface area (TPSA) is 39.7 Å². The molecule has 0 bridgehead atoms. The average molecular weight is 275 g/mol. The van der Waals surface area contributed by atoms with Crippen molar-refractivity contribution in [3.63, 3.8) is 0 Å². The molecule has 0 aromatic heterocycles. The van der Waals surface area contributed by atoms with Crippen LogP contribution >= 0.6 is 0 Å². The van der Waals surface area contributed by atoms with E-state index in [4.69, 9.17) is 13.3 Å². The van der Waals surface area contributed by atoms with Gasteiger partial charge in [0.25, 0.3) is 0 Å². The molecule has 1 N–H and O–H groups in total. The smallest absolute Gasteiger partial charge is 0.377 e. The molecule has 0 aliphatic heterocycles. The van der Waals surface area contributed by atoms with Crippen molar-refractivity contribution < 1.29 is 13.3 Å². The van der Waals surface area contributed by atoms with E-state index in [0.29, 0.717) is 0 Å². The second-order valence-corrected chi connectivity index (χ2v) is 8.20. The molecule has 0 atom stereocenters. The Morgan fingerprint density at radius 2 is 1.61 bits per heavy atom. The van der Waals surface area contributed by atoms with Gasteiger partial charge in [-0.1, -0.05) is 19.3 Å². The van der Waals surface area contributed by atoms with Crippen molar-refractivity contribution in [1.82, 2.24) is 5.32 Å². The highest BCUT2D eigenvalue weighted by Gasteiger charge is 2.36. The molecule has 4 nitrogen and oxygen atoms in total. The van der Waals surface area contributed by atoms with Gasteiger partial charge in [0.2, 0.25) is 0 Å². The van der Waals surface area contributed by atoms with Crippen LogP contribution in [0.5, 0.6) is 0 Å². The highest BCUT2D eigenvalue weighted by Crippen LogP contribution is 2.22. The van der Waals surface area contributed by atoms with E-state index in [0.717, 1.165) is 24.9 Å². The average Bonchev–Trinajstić information content (AvgIpc) is 2.45. The molecule has 1 saturated carbocycles. The molecule has 0 unspecified atom stereocenters. The number of hydrogen-bond donors (Lipinski definition) is 1. The zero-order valence-electron chi connectivity index (χ0n) is 12.2. The summed E-state index contributed by atoms with van der Waals surface area (Å²) in [6.45, 7) is 2.20. The summed E-state index contributed by atoms with van der Waals surface area (Å²) in [7, 11) is 2.68. The maximum Gasteiger partial charge on any atom is 0.500 e. The Labute approximate surface area is 113 Å². The predicted molar refractivity (Wildman–Crippen MR) is 75.6 cm³/mol. The Kier molecular flexibility index (Phi) is 8.09. The van der Waals surface area contributed by atoms with Gasteiger partial charge in [-0.2, -0.15) is 0 Å². The molecule has 1 fully saturated rings. The first-order chi connectivity index (χ1) is 8.76. The van der Waals surface area contributed by atoms with Crippen LogP contribution in [0.15, 0.2) is 0 Å². The minimum absolute atomic E-state index is 0.883. The van der Waals surface area contributed by atoms with Crippen LogP contribution in [0.1, 0.15) is 38.5 Å². The Bertz CT molecular complexity index is 198. The molecular weight excluding hydrogens is 246 g/mol. The normalized spacial score (nSPS) is 18.2. The molecule has 18 heavy (non-hydrogen) atoms. The summed E-state index contributed by atoms with van der Waals surface area (Å²) in [4.78, 5) is 0. The van der Waals surface area contributed by atoms with Gasteiger partial charge in [0.1, 0.15) is 0 Å². The lowest BCUT2D eigenvalue weighted by atomic mass is 9.89. The molecule has 0 spiro atoms. The van der Waals surface area contributed by atoms with E-state index in [2.05, 4.69) is 5.32 Å². The highest BCUT2D eigenvalue weighted by molar-refractivity contribution is 6.60. The third kappa shape index (κ3) is 5.36. The monoisotopic (exact) mass is 275 g/mol. The second kappa shape index (κ2) is 9.04. The van der Waals surface area contributed by atoms with Crippen LogP contribution in [0.4, 0.5) is 0 Å². The Balaban J connectivity index is 2.06. The summed E-state index contributed by atoms with van der Waals surface area (Å²) >= 11 is 0. The molecule has 5 heteroatoms. The molecule has 108 valence electrons. The molecule has 0 saturated heterocycles.